The number of ether oxygens (including phenoxy) is 1. The van der Waals surface area contributed by atoms with Crippen molar-refractivity contribution in [3.63, 3.8) is 0 Å². The normalized spacial score (nSPS) is 15.0. The lowest BCUT2D eigenvalue weighted by Gasteiger charge is -2.32. The van der Waals surface area contributed by atoms with Crippen LogP contribution >= 0.6 is 11.6 Å². The summed E-state index contributed by atoms with van der Waals surface area (Å²) in [6, 6.07) is 13.5. The molecule has 1 fully saturated rings. The van der Waals surface area contributed by atoms with E-state index in [4.69, 9.17) is 16.3 Å². The molecule has 1 N–H and O–H groups in total. The molecule has 0 aliphatic carbocycles. The number of para-hydroxylation sites is 1. The van der Waals surface area contributed by atoms with Crippen LogP contribution in [0, 0.1) is 5.82 Å². The molecule has 1 heterocycles. The van der Waals surface area contributed by atoms with E-state index in [-0.39, 0.29) is 24.4 Å². The van der Waals surface area contributed by atoms with Gasteiger partial charge < -0.3 is 15.0 Å². The quantitative estimate of drug-likeness (QED) is 0.875. The fraction of sp³-hybridized carbons (Fsp3) is 0.316. The van der Waals surface area contributed by atoms with Gasteiger partial charge in [-0.1, -0.05) is 29.8 Å². The molecule has 4 nitrogen and oxygen atoms in total. The van der Waals surface area contributed by atoms with Gasteiger partial charge in [-0.15, -0.1) is 0 Å². The SMILES string of the molecule is O=C(CNc1cccc(F)c1)N1CCC(Oc2ccccc2Cl)CC1. The highest BCUT2D eigenvalue weighted by molar-refractivity contribution is 6.32. The highest BCUT2D eigenvalue weighted by Crippen LogP contribution is 2.26. The molecule has 0 radical (unpaired) electrons. The molecule has 0 saturated carbocycles. The van der Waals surface area contributed by atoms with E-state index < -0.39 is 0 Å². The number of amides is 1. The minimum Gasteiger partial charge on any atom is -0.489 e. The lowest BCUT2D eigenvalue weighted by Crippen LogP contribution is -2.44. The Morgan fingerprint density at radius 3 is 2.68 bits per heavy atom. The van der Waals surface area contributed by atoms with E-state index in [1.54, 1.807) is 23.1 Å². The van der Waals surface area contributed by atoms with Crippen molar-refractivity contribution in [1.82, 2.24) is 4.90 Å². The lowest BCUT2D eigenvalue weighted by molar-refractivity contribution is -0.131. The van der Waals surface area contributed by atoms with Gasteiger partial charge in [-0.05, 0) is 30.3 Å². The summed E-state index contributed by atoms with van der Waals surface area (Å²) in [7, 11) is 0. The van der Waals surface area contributed by atoms with E-state index in [1.165, 1.54) is 12.1 Å². The monoisotopic (exact) mass is 362 g/mol. The smallest absolute Gasteiger partial charge is 0.241 e. The van der Waals surface area contributed by atoms with Crippen molar-refractivity contribution >= 4 is 23.2 Å². The summed E-state index contributed by atoms with van der Waals surface area (Å²) in [4.78, 5) is 14.1. The molecule has 1 saturated heterocycles. The summed E-state index contributed by atoms with van der Waals surface area (Å²) in [6.45, 7) is 1.43. The minimum atomic E-state index is -0.324. The number of nitrogens with zero attached hydrogens (tertiary/aromatic N) is 1. The van der Waals surface area contributed by atoms with Gasteiger partial charge in [0.05, 0.1) is 11.6 Å². The van der Waals surface area contributed by atoms with Gasteiger partial charge >= 0.3 is 0 Å². The number of likely N-dealkylation sites (tertiary alicyclic amines) is 1. The first kappa shape index (κ1) is 17.5. The number of halogens is 2. The van der Waals surface area contributed by atoms with Gasteiger partial charge in [-0.3, -0.25) is 4.79 Å². The van der Waals surface area contributed by atoms with Crippen molar-refractivity contribution in [1.29, 1.82) is 0 Å². The predicted octanol–water partition coefficient (Wildman–Crippen LogP) is 3.96. The zero-order valence-electron chi connectivity index (χ0n) is 13.8. The van der Waals surface area contributed by atoms with E-state index in [2.05, 4.69) is 5.32 Å². The topological polar surface area (TPSA) is 41.6 Å². The van der Waals surface area contributed by atoms with Gasteiger partial charge in [0, 0.05) is 31.6 Å². The van der Waals surface area contributed by atoms with Gasteiger partial charge in [-0.2, -0.15) is 0 Å². The fourth-order valence-corrected chi connectivity index (χ4v) is 3.01. The summed E-state index contributed by atoms with van der Waals surface area (Å²) in [6.07, 6.45) is 1.58. The van der Waals surface area contributed by atoms with Gasteiger partial charge in [0.2, 0.25) is 5.91 Å². The molecule has 2 aromatic carbocycles. The second-order valence-electron chi connectivity index (χ2n) is 5.99. The summed E-state index contributed by atoms with van der Waals surface area (Å²) in [5.74, 6) is 0.358. The molecule has 2 aromatic rings. The van der Waals surface area contributed by atoms with Gasteiger partial charge in [0.25, 0.3) is 0 Å². The van der Waals surface area contributed by atoms with Crippen LogP contribution in [0.2, 0.25) is 5.02 Å². The molecule has 1 amide bonds. The number of piperidine rings is 1. The molecule has 1 aliphatic heterocycles. The highest BCUT2D eigenvalue weighted by Gasteiger charge is 2.24. The Morgan fingerprint density at radius 2 is 1.96 bits per heavy atom. The summed E-state index contributed by atoms with van der Waals surface area (Å²) in [5, 5.41) is 3.56. The van der Waals surface area contributed by atoms with Crippen LogP contribution in [0.3, 0.4) is 0 Å². The highest BCUT2D eigenvalue weighted by atomic mass is 35.5. The molecule has 0 unspecified atom stereocenters. The number of carbonyl (C=O) groups excluding carboxylic acids is 1. The number of carbonyl (C=O) groups is 1. The summed E-state index contributed by atoms with van der Waals surface area (Å²) >= 11 is 6.11. The first-order valence-corrected chi connectivity index (χ1v) is 8.68. The average molecular weight is 363 g/mol. The van der Waals surface area contributed by atoms with Gasteiger partial charge in [0.1, 0.15) is 17.7 Å². The Bertz CT molecular complexity index is 733. The molecule has 0 aromatic heterocycles. The Balaban J connectivity index is 1.45. The van der Waals surface area contributed by atoms with Crippen LogP contribution in [0.1, 0.15) is 12.8 Å². The zero-order valence-corrected chi connectivity index (χ0v) is 14.5. The number of hydrogen-bond acceptors (Lipinski definition) is 3. The van der Waals surface area contributed by atoms with Crippen molar-refractivity contribution < 1.29 is 13.9 Å². The van der Waals surface area contributed by atoms with Crippen LogP contribution in [-0.2, 0) is 4.79 Å². The van der Waals surface area contributed by atoms with Gasteiger partial charge in [0.15, 0.2) is 0 Å². The second-order valence-corrected chi connectivity index (χ2v) is 6.40. The minimum absolute atomic E-state index is 0.000421. The number of nitrogens with one attached hydrogen (secondary N) is 1. The first-order valence-electron chi connectivity index (χ1n) is 8.30. The number of benzene rings is 2. The maximum absolute atomic E-state index is 13.1. The lowest BCUT2D eigenvalue weighted by atomic mass is 10.1. The zero-order chi connectivity index (χ0) is 17.6. The van der Waals surface area contributed by atoms with E-state index in [0.29, 0.717) is 29.5 Å². The molecule has 0 atom stereocenters. The third-order valence-electron chi connectivity index (χ3n) is 4.19. The van der Waals surface area contributed by atoms with E-state index in [1.807, 2.05) is 18.2 Å². The van der Waals surface area contributed by atoms with Crippen LogP contribution in [-0.4, -0.2) is 36.5 Å². The fourth-order valence-electron chi connectivity index (χ4n) is 2.83. The van der Waals surface area contributed by atoms with Crippen LogP contribution in [0.25, 0.3) is 0 Å². The molecular weight excluding hydrogens is 343 g/mol. The number of hydrogen-bond donors (Lipinski definition) is 1. The van der Waals surface area contributed by atoms with Crippen molar-refractivity contribution in [3.8, 4) is 5.75 Å². The van der Waals surface area contributed by atoms with Crippen molar-refractivity contribution in [2.75, 3.05) is 25.0 Å². The molecule has 6 heteroatoms. The second kappa shape index (κ2) is 8.21. The Morgan fingerprint density at radius 1 is 1.20 bits per heavy atom. The largest absolute Gasteiger partial charge is 0.489 e. The van der Waals surface area contributed by atoms with E-state index >= 15 is 0 Å². The Kier molecular flexibility index (Phi) is 5.76. The summed E-state index contributed by atoms with van der Waals surface area (Å²) < 4.78 is 19.1. The van der Waals surface area contributed by atoms with Gasteiger partial charge in [-0.25, -0.2) is 4.39 Å². The maximum atomic E-state index is 13.1. The first-order chi connectivity index (χ1) is 12.1. The van der Waals surface area contributed by atoms with Crippen molar-refractivity contribution in [2.45, 2.75) is 18.9 Å². The van der Waals surface area contributed by atoms with Crippen LogP contribution in [0.15, 0.2) is 48.5 Å². The Labute approximate surface area is 151 Å². The molecular formula is C19H20ClFN2O2. The molecule has 0 spiro atoms. The van der Waals surface area contributed by atoms with Crippen LogP contribution < -0.4 is 10.1 Å². The standard InChI is InChI=1S/C19H20ClFN2O2/c20-17-6-1-2-7-18(17)25-16-8-10-23(11-9-16)19(24)13-22-15-5-3-4-14(21)12-15/h1-7,12,16,22H,8-11,13H2. The van der Waals surface area contributed by atoms with Crippen molar-refractivity contribution in [3.05, 3.63) is 59.4 Å². The molecule has 0 bridgehead atoms. The summed E-state index contributed by atoms with van der Waals surface area (Å²) in [5.41, 5.74) is 0.602. The molecule has 25 heavy (non-hydrogen) atoms. The number of rotatable bonds is 5. The molecule has 1 aliphatic rings. The number of anilines is 1. The van der Waals surface area contributed by atoms with E-state index in [0.717, 1.165) is 12.8 Å². The molecule has 3 rings (SSSR count). The Hall–Kier alpha value is -2.27. The third kappa shape index (κ3) is 4.86. The van der Waals surface area contributed by atoms with Crippen LogP contribution in [0.5, 0.6) is 5.75 Å². The van der Waals surface area contributed by atoms with Crippen LogP contribution in [0.4, 0.5) is 10.1 Å². The third-order valence-corrected chi connectivity index (χ3v) is 4.51. The predicted molar refractivity (Wildman–Crippen MR) is 96.6 cm³/mol. The van der Waals surface area contributed by atoms with E-state index in [9.17, 15) is 9.18 Å². The average Bonchev–Trinajstić information content (AvgIpc) is 2.62. The maximum Gasteiger partial charge on any atom is 0.241 e. The molecule has 132 valence electrons. The van der Waals surface area contributed by atoms with Crippen molar-refractivity contribution in [2.24, 2.45) is 0 Å².